The second kappa shape index (κ2) is 7.60. The topological polar surface area (TPSA) is 70.6 Å². The Morgan fingerprint density at radius 1 is 1.55 bits per heavy atom. The lowest BCUT2D eigenvalue weighted by molar-refractivity contribution is -0.122. The summed E-state index contributed by atoms with van der Waals surface area (Å²) in [5, 5.41) is 5.21. The lowest BCUT2D eigenvalue weighted by atomic mass is 10.2. The van der Waals surface area contributed by atoms with Gasteiger partial charge in [-0.1, -0.05) is 30.3 Å². The summed E-state index contributed by atoms with van der Waals surface area (Å²) in [5.41, 5.74) is 0.389. The third kappa shape index (κ3) is 4.45. The van der Waals surface area contributed by atoms with E-state index in [1.54, 1.807) is 0 Å². The SMILES string of the molecule is CCCN=C1NC(=O)C(CC(=O)Nc2ccc(F)c(Cl)c2)S1. The van der Waals surface area contributed by atoms with Crippen molar-refractivity contribution in [3.63, 3.8) is 0 Å². The van der Waals surface area contributed by atoms with Gasteiger partial charge < -0.3 is 10.6 Å². The van der Waals surface area contributed by atoms with Gasteiger partial charge in [-0.15, -0.1) is 0 Å². The van der Waals surface area contributed by atoms with Gasteiger partial charge in [-0.05, 0) is 24.6 Å². The predicted molar refractivity (Wildman–Crippen MR) is 86.8 cm³/mol. The highest BCUT2D eigenvalue weighted by Crippen LogP contribution is 2.24. The van der Waals surface area contributed by atoms with Gasteiger partial charge in [-0.3, -0.25) is 14.6 Å². The maximum atomic E-state index is 13.0. The van der Waals surface area contributed by atoms with Gasteiger partial charge >= 0.3 is 0 Å². The molecule has 1 aromatic carbocycles. The van der Waals surface area contributed by atoms with Crippen LogP contribution in [0.1, 0.15) is 19.8 Å². The molecule has 5 nitrogen and oxygen atoms in total. The molecule has 1 saturated heterocycles. The number of hydrogen-bond donors (Lipinski definition) is 2. The van der Waals surface area contributed by atoms with Crippen LogP contribution in [0.25, 0.3) is 0 Å². The fourth-order valence-corrected chi connectivity index (χ4v) is 2.96. The first-order valence-electron chi connectivity index (χ1n) is 6.76. The molecule has 2 amide bonds. The van der Waals surface area contributed by atoms with Crippen LogP contribution in [0.5, 0.6) is 0 Å². The van der Waals surface area contributed by atoms with Crippen molar-refractivity contribution in [1.29, 1.82) is 0 Å². The summed E-state index contributed by atoms with van der Waals surface area (Å²) < 4.78 is 13.0. The first kappa shape index (κ1) is 16.8. The van der Waals surface area contributed by atoms with Crippen molar-refractivity contribution < 1.29 is 14.0 Å². The summed E-state index contributed by atoms with van der Waals surface area (Å²) in [4.78, 5) is 27.9. The summed E-state index contributed by atoms with van der Waals surface area (Å²) in [6.07, 6.45) is 0.896. The Balaban J connectivity index is 1.92. The van der Waals surface area contributed by atoms with E-state index in [-0.39, 0.29) is 23.3 Å². The standard InChI is InChI=1S/C14H15ClFN3O2S/c1-2-5-17-14-19-13(21)11(22-14)7-12(20)18-8-3-4-10(16)9(15)6-8/h3-4,6,11H,2,5,7H2,1H3,(H,18,20)(H,17,19,21). The van der Waals surface area contributed by atoms with Gasteiger partial charge in [-0.2, -0.15) is 0 Å². The number of nitrogens with zero attached hydrogens (tertiary/aromatic N) is 1. The number of thioether (sulfide) groups is 1. The van der Waals surface area contributed by atoms with Crippen LogP contribution in [0.4, 0.5) is 10.1 Å². The minimum atomic E-state index is -0.554. The molecular formula is C14H15ClFN3O2S. The molecule has 0 radical (unpaired) electrons. The van der Waals surface area contributed by atoms with Crippen LogP contribution in [0.3, 0.4) is 0 Å². The summed E-state index contributed by atoms with van der Waals surface area (Å²) in [7, 11) is 0. The molecule has 1 atom stereocenters. The lowest BCUT2D eigenvalue weighted by Gasteiger charge is -2.08. The Labute approximate surface area is 136 Å². The lowest BCUT2D eigenvalue weighted by Crippen LogP contribution is -2.28. The number of rotatable bonds is 5. The number of carbonyl (C=O) groups is 2. The van der Waals surface area contributed by atoms with E-state index in [1.165, 1.54) is 30.0 Å². The van der Waals surface area contributed by atoms with E-state index in [0.29, 0.717) is 17.4 Å². The first-order valence-corrected chi connectivity index (χ1v) is 8.02. The molecule has 1 heterocycles. The number of halogens is 2. The smallest absolute Gasteiger partial charge is 0.240 e. The molecule has 118 valence electrons. The number of anilines is 1. The maximum Gasteiger partial charge on any atom is 0.240 e. The molecule has 0 bridgehead atoms. The van der Waals surface area contributed by atoms with E-state index in [9.17, 15) is 14.0 Å². The highest BCUT2D eigenvalue weighted by atomic mass is 35.5. The molecule has 0 spiro atoms. The number of hydrogen-bond acceptors (Lipinski definition) is 4. The van der Waals surface area contributed by atoms with E-state index >= 15 is 0 Å². The Bertz CT molecular complexity index is 624. The van der Waals surface area contributed by atoms with Gasteiger partial charge in [0.05, 0.1) is 5.02 Å². The molecule has 2 rings (SSSR count). The second-order valence-electron chi connectivity index (χ2n) is 4.66. The highest BCUT2D eigenvalue weighted by molar-refractivity contribution is 8.15. The van der Waals surface area contributed by atoms with E-state index < -0.39 is 11.1 Å². The van der Waals surface area contributed by atoms with E-state index in [2.05, 4.69) is 15.6 Å². The highest BCUT2D eigenvalue weighted by Gasteiger charge is 2.31. The third-order valence-corrected chi connectivity index (χ3v) is 4.24. The molecule has 0 saturated carbocycles. The van der Waals surface area contributed by atoms with Crippen LogP contribution >= 0.6 is 23.4 Å². The fourth-order valence-electron chi connectivity index (χ4n) is 1.78. The van der Waals surface area contributed by atoms with E-state index in [0.717, 1.165) is 6.42 Å². The number of carbonyl (C=O) groups excluding carboxylic acids is 2. The summed E-state index contributed by atoms with van der Waals surface area (Å²) in [6, 6.07) is 3.91. The molecular weight excluding hydrogens is 329 g/mol. The van der Waals surface area contributed by atoms with Crippen molar-refractivity contribution in [1.82, 2.24) is 5.32 Å². The van der Waals surface area contributed by atoms with Crippen LogP contribution in [-0.2, 0) is 9.59 Å². The third-order valence-electron chi connectivity index (χ3n) is 2.83. The molecule has 1 unspecified atom stereocenters. The van der Waals surface area contributed by atoms with Crippen molar-refractivity contribution in [2.75, 3.05) is 11.9 Å². The molecule has 2 N–H and O–H groups in total. The molecule has 8 heteroatoms. The van der Waals surface area contributed by atoms with Crippen molar-refractivity contribution in [3.05, 3.63) is 29.0 Å². The van der Waals surface area contributed by atoms with Crippen molar-refractivity contribution in [2.24, 2.45) is 4.99 Å². The maximum absolute atomic E-state index is 13.0. The predicted octanol–water partition coefficient (Wildman–Crippen LogP) is 2.81. The molecule has 1 aromatic rings. The number of nitrogens with one attached hydrogen (secondary N) is 2. The average Bonchev–Trinajstić information content (AvgIpc) is 2.81. The number of amidine groups is 1. The molecule has 22 heavy (non-hydrogen) atoms. The minimum absolute atomic E-state index is 0.0106. The second-order valence-corrected chi connectivity index (χ2v) is 6.26. The van der Waals surface area contributed by atoms with Crippen LogP contribution in [0.15, 0.2) is 23.2 Å². The minimum Gasteiger partial charge on any atom is -0.326 e. The molecule has 1 aliphatic heterocycles. The van der Waals surface area contributed by atoms with Crippen molar-refractivity contribution in [2.45, 2.75) is 25.0 Å². The van der Waals surface area contributed by atoms with Gasteiger partial charge in [0, 0.05) is 18.7 Å². The number of amides is 2. The molecule has 1 fully saturated rings. The van der Waals surface area contributed by atoms with Crippen molar-refractivity contribution in [3.8, 4) is 0 Å². The Kier molecular flexibility index (Phi) is 5.79. The number of benzene rings is 1. The molecule has 0 aliphatic carbocycles. The summed E-state index contributed by atoms with van der Waals surface area (Å²) in [6.45, 7) is 2.62. The van der Waals surface area contributed by atoms with Gasteiger partial charge in [0.25, 0.3) is 0 Å². The Morgan fingerprint density at radius 2 is 2.32 bits per heavy atom. The van der Waals surface area contributed by atoms with Gasteiger partial charge in [0.2, 0.25) is 11.8 Å². The molecule has 1 aliphatic rings. The van der Waals surface area contributed by atoms with Crippen LogP contribution in [0, 0.1) is 5.82 Å². The first-order chi connectivity index (χ1) is 10.5. The van der Waals surface area contributed by atoms with Gasteiger partial charge in [-0.25, -0.2) is 4.39 Å². The Morgan fingerprint density at radius 3 is 3.00 bits per heavy atom. The van der Waals surface area contributed by atoms with E-state index in [4.69, 9.17) is 11.6 Å². The van der Waals surface area contributed by atoms with Crippen LogP contribution < -0.4 is 10.6 Å². The monoisotopic (exact) mass is 343 g/mol. The number of aliphatic imine (C=N–C) groups is 1. The van der Waals surface area contributed by atoms with Crippen molar-refractivity contribution >= 4 is 46.0 Å². The normalized spacial score (nSPS) is 19.3. The van der Waals surface area contributed by atoms with Gasteiger partial charge in [0.1, 0.15) is 11.1 Å². The van der Waals surface area contributed by atoms with Crippen LogP contribution in [0.2, 0.25) is 5.02 Å². The zero-order valence-electron chi connectivity index (χ0n) is 11.9. The van der Waals surface area contributed by atoms with E-state index in [1.807, 2.05) is 6.92 Å². The largest absolute Gasteiger partial charge is 0.326 e. The Hall–Kier alpha value is -1.60. The average molecular weight is 344 g/mol. The summed E-state index contributed by atoms with van der Waals surface area (Å²) >= 11 is 6.89. The fraction of sp³-hybridized carbons (Fsp3) is 0.357. The van der Waals surface area contributed by atoms with Gasteiger partial charge in [0.15, 0.2) is 5.17 Å². The molecule has 0 aromatic heterocycles. The summed E-state index contributed by atoms with van der Waals surface area (Å²) in [5.74, 6) is -1.12. The van der Waals surface area contributed by atoms with Crippen LogP contribution in [-0.4, -0.2) is 28.8 Å². The zero-order valence-corrected chi connectivity index (χ0v) is 13.4. The zero-order chi connectivity index (χ0) is 16.1. The quantitative estimate of drug-likeness (QED) is 0.863.